The largest absolute Gasteiger partial charge is 0.305 e. The zero-order valence-electron chi connectivity index (χ0n) is 9.07. The molecule has 0 spiro atoms. The fourth-order valence-electron chi connectivity index (χ4n) is 1.52. The van der Waals surface area contributed by atoms with Crippen LogP contribution < -0.4 is 5.32 Å². The van der Waals surface area contributed by atoms with Crippen LogP contribution in [0, 0.1) is 5.82 Å². The molecular weight excluding hydrogens is 205 g/mol. The molecule has 1 atom stereocenters. The number of H-pyrrole nitrogens is 1. The van der Waals surface area contributed by atoms with Gasteiger partial charge in [0, 0.05) is 24.5 Å². The minimum Gasteiger partial charge on any atom is -0.305 e. The minimum absolute atomic E-state index is 0.184. The van der Waals surface area contributed by atoms with Crippen molar-refractivity contribution in [2.45, 2.75) is 19.5 Å². The van der Waals surface area contributed by atoms with Gasteiger partial charge in [-0.05, 0) is 30.7 Å². The number of nitrogens with one attached hydrogen (secondary N) is 2. The lowest BCUT2D eigenvalue weighted by atomic mass is 10.1. The van der Waals surface area contributed by atoms with E-state index in [-0.39, 0.29) is 11.9 Å². The van der Waals surface area contributed by atoms with E-state index in [2.05, 4.69) is 15.5 Å². The molecule has 0 aliphatic rings. The highest BCUT2D eigenvalue weighted by Crippen LogP contribution is 2.13. The molecule has 0 fully saturated rings. The van der Waals surface area contributed by atoms with Crippen LogP contribution in [0.4, 0.5) is 4.39 Å². The number of hydrogen-bond acceptors (Lipinski definition) is 2. The van der Waals surface area contributed by atoms with Crippen LogP contribution in [0.25, 0.3) is 0 Å². The predicted molar refractivity (Wildman–Crippen MR) is 60.2 cm³/mol. The maximum absolute atomic E-state index is 12.7. The molecule has 0 bridgehead atoms. The Morgan fingerprint density at radius 2 is 2.06 bits per heavy atom. The number of benzene rings is 1. The van der Waals surface area contributed by atoms with Gasteiger partial charge < -0.3 is 5.32 Å². The van der Waals surface area contributed by atoms with Gasteiger partial charge in [0.15, 0.2) is 0 Å². The standard InChI is InChI=1S/C12H14FN3/c1-9(10-2-4-11(13)5-3-10)14-8-12-6-7-15-16-12/h2-7,9,14H,8H2,1H3,(H,15,16)/t9-/m1/s1. The normalized spacial score (nSPS) is 12.6. The third-order valence-corrected chi connectivity index (χ3v) is 2.53. The van der Waals surface area contributed by atoms with Gasteiger partial charge in [-0.25, -0.2) is 4.39 Å². The third kappa shape index (κ3) is 2.67. The Morgan fingerprint density at radius 1 is 1.31 bits per heavy atom. The molecule has 2 aromatic rings. The van der Waals surface area contributed by atoms with Crippen LogP contribution in [-0.2, 0) is 6.54 Å². The van der Waals surface area contributed by atoms with Crippen LogP contribution in [-0.4, -0.2) is 10.2 Å². The molecule has 1 aromatic carbocycles. The Labute approximate surface area is 93.7 Å². The van der Waals surface area contributed by atoms with E-state index < -0.39 is 0 Å². The van der Waals surface area contributed by atoms with Crippen molar-refractivity contribution in [1.82, 2.24) is 15.5 Å². The lowest BCUT2D eigenvalue weighted by molar-refractivity contribution is 0.564. The monoisotopic (exact) mass is 219 g/mol. The first-order valence-electron chi connectivity index (χ1n) is 5.23. The summed E-state index contributed by atoms with van der Waals surface area (Å²) >= 11 is 0. The SMILES string of the molecule is C[C@@H](NCc1ccn[nH]1)c1ccc(F)cc1. The maximum atomic E-state index is 12.7. The smallest absolute Gasteiger partial charge is 0.123 e. The van der Waals surface area contributed by atoms with E-state index in [4.69, 9.17) is 0 Å². The highest BCUT2D eigenvalue weighted by molar-refractivity contribution is 5.19. The van der Waals surface area contributed by atoms with Crippen LogP contribution in [0.2, 0.25) is 0 Å². The van der Waals surface area contributed by atoms with Gasteiger partial charge in [0.05, 0.1) is 0 Å². The number of aromatic amines is 1. The molecular formula is C12H14FN3. The van der Waals surface area contributed by atoms with Gasteiger partial charge in [0.2, 0.25) is 0 Å². The summed E-state index contributed by atoms with van der Waals surface area (Å²) in [7, 11) is 0. The van der Waals surface area contributed by atoms with E-state index in [1.165, 1.54) is 12.1 Å². The Morgan fingerprint density at radius 3 is 2.69 bits per heavy atom. The van der Waals surface area contributed by atoms with Crippen LogP contribution in [0.1, 0.15) is 24.2 Å². The second-order valence-electron chi connectivity index (χ2n) is 3.74. The number of rotatable bonds is 4. The molecule has 0 aliphatic carbocycles. The fraction of sp³-hybridized carbons (Fsp3) is 0.250. The van der Waals surface area contributed by atoms with Gasteiger partial charge >= 0.3 is 0 Å². The summed E-state index contributed by atoms with van der Waals surface area (Å²) < 4.78 is 12.7. The number of hydrogen-bond donors (Lipinski definition) is 2. The Bertz CT molecular complexity index is 422. The molecule has 0 aliphatic heterocycles. The molecule has 2 rings (SSSR count). The topological polar surface area (TPSA) is 40.7 Å². The molecule has 3 nitrogen and oxygen atoms in total. The summed E-state index contributed by atoms with van der Waals surface area (Å²) in [5, 5.41) is 10.1. The van der Waals surface area contributed by atoms with Crippen molar-refractivity contribution >= 4 is 0 Å². The number of aromatic nitrogens is 2. The summed E-state index contributed by atoms with van der Waals surface area (Å²) in [6, 6.07) is 8.64. The first kappa shape index (κ1) is 10.8. The van der Waals surface area contributed by atoms with Crippen LogP contribution >= 0.6 is 0 Å². The molecule has 1 aromatic heterocycles. The summed E-state index contributed by atoms with van der Waals surface area (Å²) in [4.78, 5) is 0. The third-order valence-electron chi connectivity index (χ3n) is 2.53. The quantitative estimate of drug-likeness (QED) is 0.829. The predicted octanol–water partition coefficient (Wildman–Crippen LogP) is 2.40. The van der Waals surface area contributed by atoms with Crippen LogP contribution in [0.15, 0.2) is 36.5 Å². The summed E-state index contributed by atoms with van der Waals surface area (Å²) in [6.45, 7) is 2.77. The van der Waals surface area contributed by atoms with Crippen molar-refractivity contribution in [3.8, 4) is 0 Å². The molecule has 0 saturated carbocycles. The Balaban J connectivity index is 1.93. The average Bonchev–Trinajstić information content (AvgIpc) is 2.80. The molecule has 1 heterocycles. The number of nitrogens with zero attached hydrogens (tertiary/aromatic N) is 1. The van der Waals surface area contributed by atoms with Gasteiger partial charge in [-0.15, -0.1) is 0 Å². The van der Waals surface area contributed by atoms with Crippen molar-refractivity contribution in [3.05, 3.63) is 53.6 Å². The Hall–Kier alpha value is -1.68. The van der Waals surface area contributed by atoms with Gasteiger partial charge in [-0.2, -0.15) is 5.10 Å². The van der Waals surface area contributed by atoms with Gasteiger partial charge in [0.1, 0.15) is 5.82 Å². The molecule has 0 radical (unpaired) electrons. The fourth-order valence-corrected chi connectivity index (χ4v) is 1.52. The average molecular weight is 219 g/mol. The molecule has 0 amide bonds. The van der Waals surface area contributed by atoms with Crippen molar-refractivity contribution in [2.24, 2.45) is 0 Å². The molecule has 4 heteroatoms. The second kappa shape index (κ2) is 4.90. The van der Waals surface area contributed by atoms with Crippen molar-refractivity contribution in [2.75, 3.05) is 0 Å². The molecule has 2 N–H and O–H groups in total. The lowest BCUT2D eigenvalue weighted by Crippen LogP contribution is -2.18. The minimum atomic E-state index is -0.204. The highest BCUT2D eigenvalue weighted by Gasteiger charge is 2.04. The van der Waals surface area contributed by atoms with Crippen molar-refractivity contribution < 1.29 is 4.39 Å². The molecule has 0 unspecified atom stereocenters. The number of halogens is 1. The lowest BCUT2D eigenvalue weighted by Gasteiger charge is -2.13. The van der Waals surface area contributed by atoms with Gasteiger partial charge in [-0.1, -0.05) is 12.1 Å². The van der Waals surface area contributed by atoms with Crippen LogP contribution in [0.5, 0.6) is 0 Å². The zero-order chi connectivity index (χ0) is 11.4. The zero-order valence-corrected chi connectivity index (χ0v) is 9.07. The van der Waals surface area contributed by atoms with E-state index >= 15 is 0 Å². The highest BCUT2D eigenvalue weighted by atomic mass is 19.1. The molecule has 16 heavy (non-hydrogen) atoms. The molecule has 0 saturated heterocycles. The van der Waals surface area contributed by atoms with E-state index in [0.717, 1.165) is 17.8 Å². The first-order chi connectivity index (χ1) is 7.75. The van der Waals surface area contributed by atoms with Crippen molar-refractivity contribution in [3.63, 3.8) is 0 Å². The van der Waals surface area contributed by atoms with Gasteiger partial charge in [-0.3, -0.25) is 5.10 Å². The second-order valence-corrected chi connectivity index (χ2v) is 3.74. The molecule has 84 valence electrons. The Kier molecular flexibility index (Phi) is 3.31. The first-order valence-corrected chi connectivity index (χ1v) is 5.23. The summed E-state index contributed by atoms with van der Waals surface area (Å²) in [5.41, 5.74) is 2.11. The van der Waals surface area contributed by atoms with E-state index in [0.29, 0.717) is 0 Å². The van der Waals surface area contributed by atoms with E-state index in [9.17, 15) is 4.39 Å². The van der Waals surface area contributed by atoms with Gasteiger partial charge in [0.25, 0.3) is 0 Å². The van der Waals surface area contributed by atoms with Crippen LogP contribution in [0.3, 0.4) is 0 Å². The van der Waals surface area contributed by atoms with E-state index in [1.54, 1.807) is 18.3 Å². The summed E-state index contributed by atoms with van der Waals surface area (Å²) in [5.74, 6) is -0.204. The van der Waals surface area contributed by atoms with Crippen molar-refractivity contribution in [1.29, 1.82) is 0 Å². The maximum Gasteiger partial charge on any atom is 0.123 e. The van der Waals surface area contributed by atoms with E-state index in [1.807, 2.05) is 13.0 Å². The summed E-state index contributed by atoms with van der Waals surface area (Å²) in [6.07, 6.45) is 1.72.